The molecule has 0 aliphatic carbocycles. The number of nitrogens with zero attached hydrogens (tertiary/aromatic N) is 4. The zero-order valence-electron chi connectivity index (χ0n) is 6.15. The first kappa shape index (κ1) is 7.96. The van der Waals surface area contributed by atoms with Crippen molar-refractivity contribution in [1.29, 1.82) is 0 Å². The van der Waals surface area contributed by atoms with Crippen LogP contribution in [0.25, 0.3) is 5.78 Å². The van der Waals surface area contributed by atoms with Gasteiger partial charge in [0, 0.05) is 6.20 Å². The van der Waals surface area contributed by atoms with E-state index in [0.29, 0.717) is 0 Å². The lowest BCUT2D eigenvalue weighted by molar-refractivity contribution is -0.141. The van der Waals surface area contributed by atoms with Crippen LogP contribution < -0.4 is 0 Å². The second-order valence-corrected chi connectivity index (χ2v) is 2.35. The van der Waals surface area contributed by atoms with E-state index in [-0.39, 0.29) is 5.78 Å². The van der Waals surface area contributed by atoms with Crippen LogP contribution in [0.15, 0.2) is 18.6 Å². The highest BCUT2D eigenvalue weighted by atomic mass is 19.4. The van der Waals surface area contributed by atoms with Gasteiger partial charge >= 0.3 is 6.18 Å². The Morgan fingerprint density at radius 2 is 2.08 bits per heavy atom. The van der Waals surface area contributed by atoms with Crippen molar-refractivity contribution in [1.82, 2.24) is 19.6 Å². The van der Waals surface area contributed by atoms with Gasteiger partial charge in [0.05, 0.1) is 0 Å². The minimum Gasteiger partial charge on any atom is -0.273 e. The van der Waals surface area contributed by atoms with Crippen molar-refractivity contribution in [2.75, 3.05) is 0 Å². The van der Waals surface area contributed by atoms with Gasteiger partial charge in [-0.15, -0.1) is 10.2 Å². The molecule has 0 bridgehead atoms. The summed E-state index contributed by atoms with van der Waals surface area (Å²) in [6.45, 7) is 0. The number of hydrogen-bond acceptors (Lipinski definition) is 3. The average molecular weight is 188 g/mol. The van der Waals surface area contributed by atoms with E-state index in [1.54, 1.807) is 0 Å². The number of rotatable bonds is 0. The fourth-order valence-corrected chi connectivity index (χ4v) is 0.875. The third-order valence-electron chi connectivity index (χ3n) is 1.46. The van der Waals surface area contributed by atoms with Gasteiger partial charge in [-0.25, -0.2) is 4.98 Å². The summed E-state index contributed by atoms with van der Waals surface area (Å²) in [5, 5.41) is 6.80. The summed E-state index contributed by atoms with van der Waals surface area (Å²) >= 11 is 0. The Kier molecular flexibility index (Phi) is 1.48. The first-order chi connectivity index (χ1) is 6.07. The van der Waals surface area contributed by atoms with Gasteiger partial charge in [-0.1, -0.05) is 0 Å². The Bertz CT molecular complexity index is 433. The zero-order valence-corrected chi connectivity index (χ0v) is 6.15. The van der Waals surface area contributed by atoms with E-state index >= 15 is 0 Å². The molecular weight excluding hydrogens is 185 g/mol. The van der Waals surface area contributed by atoms with E-state index in [1.807, 2.05) is 0 Å². The molecule has 0 spiro atoms. The van der Waals surface area contributed by atoms with E-state index in [9.17, 15) is 13.2 Å². The van der Waals surface area contributed by atoms with Crippen LogP contribution in [-0.2, 0) is 6.18 Å². The highest BCUT2D eigenvalue weighted by molar-refractivity contribution is 5.27. The van der Waals surface area contributed by atoms with Crippen LogP contribution in [0.5, 0.6) is 0 Å². The lowest BCUT2D eigenvalue weighted by Gasteiger charge is -2.03. The lowest BCUT2D eigenvalue weighted by atomic mass is 10.4. The molecule has 2 rings (SSSR count). The first-order valence-electron chi connectivity index (χ1n) is 3.31. The number of fused-ring (bicyclic) bond motifs is 1. The van der Waals surface area contributed by atoms with Crippen LogP contribution in [0.1, 0.15) is 5.69 Å². The molecule has 0 N–H and O–H groups in total. The highest BCUT2D eigenvalue weighted by Crippen LogP contribution is 2.27. The number of aromatic nitrogens is 4. The molecule has 0 radical (unpaired) electrons. The van der Waals surface area contributed by atoms with Crippen LogP contribution in [0, 0.1) is 0 Å². The molecule has 68 valence electrons. The predicted molar refractivity (Wildman–Crippen MR) is 35.8 cm³/mol. The maximum Gasteiger partial charge on any atom is 0.433 e. The molecular formula is C6H3F3N4. The van der Waals surface area contributed by atoms with Gasteiger partial charge in [0.15, 0.2) is 0 Å². The molecule has 4 nitrogen and oxygen atoms in total. The van der Waals surface area contributed by atoms with Gasteiger partial charge in [0.25, 0.3) is 5.78 Å². The Morgan fingerprint density at radius 3 is 2.77 bits per heavy atom. The fraction of sp³-hybridized carbons (Fsp3) is 0.167. The van der Waals surface area contributed by atoms with Crippen LogP contribution >= 0.6 is 0 Å². The van der Waals surface area contributed by atoms with E-state index in [2.05, 4.69) is 15.2 Å². The molecule has 2 aromatic rings. The predicted octanol–water partition coefficient (Wildman–Crippen LogP) is 1.14. The monoisotopic (exact) mass is 188 g/mol. The van der Waals surface area contributed by atoms with Gasteiger partial charge in [-0.2, -0.15) is 13.2 Å². The maximum atomic E-state index is 12.1. The van der Waals surface area contributed by atoms with Crippen molar-refractivity contribution in [3.8, 4) is 0 Å². The molecule has 0 aromatic carbocycles. The minimum atomic E-state index is -4.44. The molecule has 7 heteroatoms. The summed E-state index contributed by atoms with van der Waals surface area (Å²) in [7, 11) is 0. The van der Waals surface area contributed by atoms with Crippen molar-refractivity contribution in [3.63, 3.8) is 0 Å². The number of alkyl halides is 3. The first-order valence-corrected chi connectivity index (χ1v) is 3.31. The standard InChI is InChI=1S/C6H3F3N4/c7-6(8,9)4-1-2-13-3-10-12-5(13)11-4/h1-3H. The SMILES string of the molecule is FC(F)(F)c1ccn2cnnc2n1. The van der Waals surface area contributed by atoms with Gasteiger partial charge in [-0.3, -0.25) is 4.40 Å². The molecule has 2 heterocycles. The molecule has 0 saturated heterocycles. The second-order valence-electron chi connectivity index (χ2n) is 2.35. The molecule has 0 unspecified atom stereocenters. The molecule has 2 aromatic heterocycles. The van der Waals surface area contributed by atoms with Crippen molar-refractivity contribution in [3.05, 3.63) is 24.3 Å². The Morgan fingerprint density at radius 1 is 1.31 bits per heavy atom. The Labute approximate surface area is 70.0 Å². The summed E-state index contributed by atoms with van der Waals surface area (Å²) in [6.07, 6.45) is -1.94. The topological polar surface area (TPSA) is 43.1 Å². The van der Waals surface area contributed by atoms with Gasteiger partial charge in [-0.05, 0) is 6.07 Å². The van der Waals surface area contributed by atoms with Gasteiger partial charge < -0.3 is 0 Å². The number of hydrogen-bond donors (Lipinski definition) is 0. The van der Waals surface area contributed by atoms with Crippen LogP contribution in [-0.4, -0.2) is 19.6 Å². The normalized spacial score (nSPS) is 12.2. The summed E-state index contributed by atoms with van der Waals surface area (Å²) in [5.41, 5.74) is -0.965. The quantitative estimate of drug-likeness (QED) is 0.622. The third kappa shape index (κ3) is 1.32. The number of halogens is 3. The van der Waals surface area contributed by atoms with E-state index in [4.69, 9.17) is 0 Å². The summed E-state index contributed by atoms with van der Waals surface area (Å²) < 4.78 is 37.6. The van der Waals surface area contributed by atoms with E-state index in [0.717, 1.165) is 6.07 Å². The van der Waals surface area contributed by atoms with E-state index in [1.165, 1.54) is 16.9 Å². The Balaban J connectivity index is 2.61. The van der Waals surface area contributed by atoms with Crippen molar-refractivity contribution in [2.45, 2.75) is 6.18 Å². The molecule has 0 aliphatic rings. The van der Waals surface area contributed by atoms with Crippen LogP contribution in [0.4, 0.5) is 13.2 Å². The minimum absolute atomic E-state index is 0.0603. The smallest absolute Gasteiger partial charge is 0.273 e. The molecule has 0 aliphatic heterocycles. The maximum absolute atomic E-state index is 12.1. The van der Waals surface area contributed by atoms with Gasteiger partial charge in [0.2, 0.25) is 0 Å². The summed E-state index contributed by atoms with van der Waals surface area (Å²) in [6, 6.07) is 0.871. The lowest BCUT2D eigenvalue weighted by Crippen LogP contribution is -2.08. The average Bonchev–Trinajstić information content (AvgIpc) is 2.47. The van der Waals surface area contributed by atoms with Crippen LogP contribution in [0.2, 0.25) is 0 Å². The Hall–Kier alpha value is -1.66. The molecule has 0 amide bonds. The molecule has 0 saturated carbocycles. The second kappa shape index (κ2) is 2.41. The molecule has 13 heavy (non-hydrogen) atoms. The summed E-state index contributed by atoms with van der Waals surface area (Å²) in [5.74, 6) is -0.0603. The van der Waals surface area contributed by atoms with Crippen molar-refractivity contribution >= 4 is 5.78 Å². The molecule has 0 atom stereocenters. The van der Waals surface area contributed by atoms with E-state index < -0.39 is 11.9 Å². The van der Waals surface area contributed by atoms with Gasteiger partial charge in [0.1, 0.15) is 12.0 Å². The van der Waals surface area contributed by atoms with Crippen LogP contribution in [0.3, 0.4) is 0 Å². The third-order valence-corrected chi connectivity index (χ3v) is 1.46. The highest BCUT2D eigenvalue weighted by Gasteiger charge is 2.32. The van der Waals surface area contributed by atoms with Crippen molar-refractivity contribution < 1.29 is 13.2 Å². The zero-order chi connectivity index (χ0) is 9.47. The largest absolute Gasteiger partial charge is 0.433 e. The molecule has 0 fully saturated rings. The van der Waals surface area contributed by atoms with Crippen molar-refractivity contribution in [2.24, 2.45) is 0 Å². The fourth-order valence-electron chi connectivity index (χ4n) is 0.875. The summed E-state index contributed by atoms with van der Waals surface area (Å²) in [4.78, 5) is 3.27.